The molecule has 4 rings (SSSR count). The Balaban J connectivity index is 0.000000815. The fourth-order valence-corrected chi connectivity index (χ4v) is 3.23. The molecule has 1 aliphatic rings. The van der Waals surface area contributed by atoms with Crippen LogP contribution in [0.2, 0.25) is 0 Å². The maximum absolute atomic E-state index is 12.7. The summed E-state index contributed by atoms with van der Waals surface area (Å²) >= 11 is 4.64. The first kappa shape index (κ1) is 16.4. The second kappa shape index (κ2) is 6.57. The van der Waals surface area contributed by atoms with Gasteiger partial charge in [0.15, 0.2) is 0 Å². The van der Waals surface area contributed by atoms with Crippen molar-refractivity contribution in [3.8, 4) is 5.75 Å². The van der Waals surface area contributed by atoms with E-state index in [1.54, 1.807) is 17.0 Å². The molecule has 0 fully saturated rings. The predicted octanol–water partition coefficient (Wildman–Crippen LogP) is 4.24. The summed E-state index contributed by atoms with van der Waals surface area (Å²) in [6.45, 7) is 2.56. The van der Waals surface area contributed by atoms with Crippen molar-refractivity contribution in [1.82, 2.24) is 4.98 Å². The molecule has 2 heterocycles. The number of H-pyrrole nitrogens is 1. The monoisotopic (exact) mass is 342 g/mol. The third-order valence-electron chi connectivity index (χ3n) is 4.29. The van der Waals surface area contributed by atoms with Crippen LogP contribution in [0.5, 0.6) is 5.75 Å². The van der Waals surface area contributed by atoms with Crippen molar-refractivity contribution in [3.63, 3.8) is 0 Å². The van der Waals surface area contributed by atoms with Gasteiger partial charge in [0.05, 0.1) is 5.69 Å². The largest absolute Gasteiger partial charge is 0.507 e. The fourth-order valence-electron chi connectivity index (χ4n) is 3.23. The van der Waals surface area contributed by atoms with Crippen molar-refractivity contribution in [1.29, 1.82) is 0 Å². The number of phenolic OH excluding ortho intramolecular Hbond substituents is 1. The molecule has 1 aliphatic heterocycles. The maximum Gasteiger partial charge on any atom is 0.274 e. The maximum atomic E-state index is 12.7. The Morgan fingerprint density at radius 2 is 1.88 bits per heavy atom. The summed E-state index contributed by atoms with van der Waals surface area (Å²) in [5.41, 5.74) is 3.49. The number of nitrogens with zero attached hydrogens (tertiary/aromatic N) is 1. The van der Waals surface area contributed by atoms with Crippen molar-refractivity contribution in [2.45, 2.75) is 13.3 Å². The summed E-state index contributed by atoms with van der Waals surface area (Å²) < 4.78 is 0. The highest BCUT2D eigenvalue weighted by molar-refractivity contribution is 6.15. The normalized spacial score (nSPS) is 12.7. The number of benzene rings is 2. The van der Waals surface area contributed by atoms with Gasteiger partial charge in [0.2, 0.25) is 0 Å². The van der Waals surface area contributed by atoms with E-state index in [-0.39, 0.29) is 11.7 Å². The second-order valence-electron chi connectivity index (χ2n) is 5.70. The van der Waals surface area contributed by atoms with Gasteiger partial charge in [-0.1, -0.05) is 24.3 Å². The van der Waals surface area contributed by atoms with Crippen LogP contribution >= 0.6 is 11.6 Å². The number of hydrogen-bond donors (Lipinski definition) is 2. The highest BCUT2D eigenvalue weighted by Gasteiger charge is 2.28. The van der Waals surface area contributed by atoms with Crippen LogP contribution in [0, 0.1) is 6.92 Å². The Hall–Kier alpha value is -2.46. The minimum Gasteiger partial charge on any atom is -0.507 e. The number of aromatic amines is 1. The molecule has 0 radical (unpaired) electrons. The Kier molecular flexibility index (Phi) is 4.49. The lowest BCUT2D eigenvalue weighted by atomic mass is 10.0. The number of aromatic nitrogens is 1. The third kappa shape index (κ3) is 2.63. The molecule has 3 aromatic rings. The van der Waals surface area contributed by atoms with E-state index >= 15 is 0 Å². The summed E-state index contributed by atoms with van der Waals surface area (Å²) in [7, 11) is 0. The number of carbonyl (C=O) groups is 1. The van der Waals surface area contributed by atoms with Crippen LogP contribution < -0.4 is 4.90 Å². The number of anilines is 1. The van der Waals surface area contributed by atoms with E-state index in [9.17, 15) is 9.90 Å². The minimum atomic E-state index is -0.0541. The number of aromatic hydroxyl groups is 1. The molecule has 4 nitrogen and oxygen atoms in total. The van der Waals surface area contributed by atoms with Gasteiger partial charge in [-0.2, -0.15) is 0 Å². The van der Waals surface area contributed by atoms with Crippen molar-refractivity contribution >= 4 is 34.0 Å². The molecule has 0 saturated heterocycles. The van der Waals surface area contributed by atoms with Gasteiger partial charge in [0.1, 0.15) is 11.4 Å². The number of phenols is 1. The van der Waals surface area contributed by atoms with Crippen LogP contribution in [-0.2, 0) is 6.42 Å². The van der Waals surface area contributed by atoms with Crippen LogP contribution in [0.25, 0.3) is 10.8 Å². The average molecular weight is 343 g/mol. The molecule has 0 bridgehead atoms. The zero-order valence-corrected chi connectivity index (χ0v) is 14.4. The summed E-state index contributed by atoms with van der Waals surface area (Å²) in [4.78, 5) is 17.5. The molecule has 5 heteroatoms. The molecular formula is C19H19ClN2O2. The van der Waals surface area contributed by atoms with Gasteiger partial charge < -0.3 is 15.0 Å². The molecule has 124 valence electrons. The van der Waals surface area contributed by atoms with Crippen molar-refractivity contribution in [2.24, 2.45) is 0 Å². The molecule has 0 unspecified atom stereocenters. The molecule has 0 aliphatic carbocycles. The van der Waals surface area contributed by atoms with Crippen LogP contribution in [0.3, 0.4) is 0 Å². The SMILES string of the molecule is CCl.Cc1ccc(C(=O)N2CCc3c2cc(O)c2ccccc32)[nH]1. The lowest BCUT2D eigenvalue weighted by Crippen LogP contribution is -2.29. The van der Waals surface area contributed by atoms with Crippen molar-refractivity contribution in [3.05, 3.63) is 59.4 Å². The summed E-state index contributed by atoms with van der Waals surface area (Å²) in [5, 5.41) is 12.1. The van der Waals surface area contributed by atoms with E-state index in [1.807, 2.05) is 37.3 Å². The van der Waals surface area contributed by atoms with E-state index in [0.717, 1.165) is 34.1 Å². The number of hydrogen-bond acceptors (Lipinski definition) is 2. The number of fused-ring (bicyclic) bond motifs is 3. The first-order chi connectivity index (χ1) is 11.6. The lowest BCUT2D eigenvalue weighted by molar-refractivity contribution is 0.0985. The van der Waals surface area contributed by atoms with Gasteiger partial charge in [-0.05, 0) is 36.4 Å². The van der Waals surface area contributed by atoms with E-state index in [0.29, 0.717) is 12.2 Å². The highest BCUT2D eigenvalue weighted by Crippen LogP contribution is 2.39. The Bertz CT molecular complexity index is 902. The van der Waals surface area contributed by atoms with Gasteiger partial charge >= 0.3 is 0 Å². The van der Waals surface area contributed by atoms with Gasteiger partial charge in [-0.25, -0.2) is 0 Å². The summed E-state index contributed by atoms with van der Waals surface area (Å²) in [6, 6.07) is 13.2. The van der Waals surface area contributed by atoms with E-state index in [1.165, 1.54) is 6.38 Å². The zero-order valence-electron chi connectivity index (χ0n) is 13.6. The number of aryl methyl sites for hydroxylation is 1. The van der Waals surface area contributed by atoms with Crippen LogP contribution in [0.15, 0.2) is 42.5 Å². The van der Waals surface area contributed by atoms with Crippen LogP contribution in [0.4, 0.5) is 5.69 Å². The van der Waals surface area contributed by atoms with Gasteiger partial charge in [-0.15, -0.1) is 11.6 Å². The Morgan fingerprint density at radius 1 is 1.17 bits per heavy atom. The Morgan fingerprint density at radius 3 is 2.54 bits per heavy atom. The molecular weight excluding hydrogens is 324 g/mol. The molecule has 0 atom stereocenters. The molecule has 2 aromatic carbocycles. The van der Waals surface area contributed by atoms with Crippen molar-refractivity contribution < 1.29 is 9.90 Å². The molecule has 2 N–H and O–H groups in total. The minimum absolute atomic E-state index is 0.0541. The predicted molar refractivity (Wildman–Crippen MR) is 98.3 cm³/mol. The van der Waals surface area contributed by atoms with E-state index in [2.05, 4.69) is 16.6 Å². The third-order valence-corrected chi connectivity index (χ3v) is 4.29. The van der Waals surface area contributed by atoms with Crippen molar-refractivity contribution in [2.75, 3.05) is 17.8 Å². The number of amides is 1. The standard InChI is InChI=1S/C18H16N2O2.CH3Cl/c1-11-6-7-15(19-11)18(22)20-9-8-13-12-4-2-3-5-14(12)17(21)10-16(13)20;1-2/h2-7,10,19,21H,8-9H2,1H3;1H3. The fraction of sp³-hybridized carbons (Fsp3) is 0.211. The molecule has 1 amide bonds. The smallest absolute Gasteiger partial charge is 0.274 e. The first-order valence-corrected chi connectivity index (χ1v) is 8.49. The highest BCUT2D eigenvalue weighted by atomic mass is 35.5. The van der Waals surface area contributed by atoms with Gasteiger partial charge in [0.25, 0.3) is 5.91 Å². The Labute approximate surface area is 145 Å². The second-order valence-corrected chi connectivity index (χ2v) is 5.70. The van der Waals surface area contributed by atoms with E-state index < -0.39 is 0 Å². The number of rotatable bonds is 1. The number of nitrogens with one attached hydrogen (secondary N) is 1. The van der Waals surface area contributed by atoms with E-state index in [4.69, 9.17) is 0 Å². The quantitative estimate of drug-likeness (QED) is 0.650. The molecule has 0 spiro atoms. The average Bonchev–Trinajstić information content (AvgIpc) is 3.23. The lowest BCUT2D eigenvalue weighted by Gasteiger charge is -2.17. The molecule has 24 heavy (non-hydrogen) atoms. The van der Waals surface area contributed by atoms with Gasteiger partial charge in [0, 0.05) is 30.1 Å². The van der Waals surface area contributed by atoms with Gasteiger partial charge in [-0.3, -0.25) is 4.79 Å². The van der Waals surface area contributed by atoms with Crippen LogP contribution in [-0.4, -0.2) is 28.9 Å². The zero-order chi connectivity index (χ0) is 17.3. The first-order valence-electron chi connectivity index (χ1n) is 7.74. The number of carbonyl (C=O) groups excluding carboxylic acids is 1. The summed E-state index contributed by atoms with van der Waals surface area (Å²) in [5.74, 6) is 0.165. The summed E-state index contributed by atoms with van der Waals surface area (Å²) in [6.07, 6.45) is 2.28. The molecule has 0 saturated carbocycles. The van der Waals surface area contributed by atoms with Crippen LogP contribution in [0.1, 0.15) is 21.7 Å². The number of halogens is 1. The number of alkyl halides is 1. The topological polar surface area (TPSA) is 56.3 Å². The molecule has 1 aromatic heterocycles.